The van der Waals surface area contributed by atoms with Crippen LogP contribution in [-0.4, -0.2) is 83.1 Å². The Morgan fingerprint density at radius 3 is 2.70 bits per heavy atom. The molecule has 47 heavy (non-hydrogen) atoms. The fourth-order valence-corrected chi connectivity index (χ4v) is 5.90. The zero-order valence-corrected chi connectivity index (χ0v) is 28.2. The molecule has 2 aromatic heterocycles. The summed E-state index contributed by atoms with van der Waals surface area (Å²) in [4.78, 5) is 46.5. The number of aryl methyl sites for hydroxylation is 1. The van der Waals surface area contributed by atoms with Gasteiger partial charge in [-0.3, -0.25) is 4.79 Å². The number of ether oxygens (including phenoxy) is 3. The molecule has 2 N–H and O–H groups in total. The number of carbonyl (C=O) groups excluding carboxylic acids is 3. The molecule has 1 aliphatic carbocycles. The number of benzene rings is 1. The van der Waals surface area contributed by atoms with Crippen LogP contribution in [-0.2, 0) is 14.3 Å². The molecule has 0 radical (unpaired) electrons. The Morgan fingerprint density at radius 2 is 1.98 bits per heavy atom. The first-order valence-electron chi connectivity index (χ1n) is 16.4. The quantitative estimate of drug-likeness (QED) is 0.250. The molecule has 1 aliphatic heterocycles. The maximum Gasteiger partial charge on any atom is 0.332 e. The molecule has 1 saturated carbocycles. The van der Waals surface area contributed by atoms with Gasteiger partial charge in [-0.25, -0.2) is 19.3 Å². The number of hydrogen-bond donors (Lipinski definition) is 2. The Morgan fingerprint density at radius 1 is 1.17 bits per heavy atom. The average molecular weight is 647 g/mol. The van der Waals surface area contributed by atoms with Gasteiger partial charge in [0.15, 0.2) is 5.82 Å². The van der Waals surface area contributed by atoms with E-state index in [0.29, 0.717) is 35.8 Å². The summed E-state index contributed by atoms with van der Waals surface area (Å²) in [6.07, 6.45) is 9.07. The van der Waals surface area contributed by atoms with Crippen LogP contribution in [0.5, 0.6) is 11.5 Å². The molecule has 3 amide bonds. The molecule has 3 aromatic rings. The molecule has 0 bridgehead atoms. The zero-order valence-electron chi connectivity index (χ0n) is 28.2. The number of esters is 1. The summed E-state index contributed by atoms with van der Waals surface area (Å²) < 4.78 is 19.0. The van der Waals surface area contributed by atoms with Gasteiger partial charge in [-0.15, -0.1) is 0 Å². The Labute approximate surface area is 275 Å². The maximum absolute atomic E-state index is 13.8. The van der Waals surface area contributed by atoms with E-state index in [4.69, 9.17) is 24.3 Å². The Hall–Kier alpha value is -4.61. The van der Waals surface area contributed by atoms with Gasteiger partial charge in [0.2, 0.25) is 5.91 Å². The van der Waals surface area contributed by atoms with Crippen molar-refractivity contribution in [2.75, 3.05) is 33.9 Å². The predicted octanol–water partition coefficient (Wildman–Crippen LogP) is 4.82. The first-order valence-corrected chi connectivity index (χ1v) is 16.4. The summed E-state index contributed by atoms with van der Waals surface area (Å²) in [5.41, 5.74) is 1.35. The molecule has 3 atom stereocenters. The number of urea groups is 1. The third kappa shape index (κ3) is 7.36. The highest BCUT2D eigenvalue weighted by molar-refractivity contribution is 5.95. The van der Waals surface area contributed by atoms with Crippen molar-refractivity contribution in [2.45, 2.75) is 77.3 Å². The normalized spacial score (nSPS) is 21.9. The van der Waals surface area contributed by atoms with E-state index >= 15 is 0 Å². The Balaban J connectivity index is 1.42. The van der Waals surface area contributed by atoms with Crippen molar-refractivity contribution < 1.29 is 28.6 Å². The first kappa shape index (κ1) is 33.7. The average Bonchev–Trinajstić information content (AvgIpc) is 3.50. The Bertz CT molecular complexity index is 1650. The van der Waals surface area contributed by atoms with E-state index in [1.165, 1.54) is 0 Å². The third-order valence-corrected chi connectivity index (χ3v) is 8.90. The highest BCUT2D eigenvalue weighted by atomic mass is 16.5. The van der Waals surface area contributed by atoms with Crippen LogP contribution in [0.2, 0.25) is 0 Å². The topological polar surface area (TPSA) is 137 Å². The summed E-state index contributed by atoms with van der Waals surface area (Å²) in [7, 11) is 3.33. The number of pyridine rings is 1. The lowest BCUT2D eigenvalue weighted by atomic mass is 10.1. The van der Waals surface area contributed by atoms with Crippen molar-refractivity contribution >= 4 is 28.8 Å². The van der Waals surface area contributed by atoms with Crippen molar-refractivity contribution in [2.24, 2.45) is 5.92 Å². The molecule has 3 heterocycles. The number of rotatable bonds is 9. The lowest BCUT2D eigenvalue weighted by Crippen LogP contribution is -2.56. The molecular weight excluding hydrogens is 600 g/mol. The zero-order chi connectivity index (χ0) is 33.7. The number of amides is 3. The number of allylic oxidation sites excluding steroid dienone is 1. The minimum Gasteiger partial charge on any atom is -0.496 e. The summed E-state index contributed by atoms with van der Waals surface area (Å²) >= 11 is 0. The van der Waals surface area contributed by atoms with Crippen LogP contribution in [0.4, 0.5) is 4.79 Å². The third-order valence-electron chi connectivity index (χ3n) is 8.90. The van der Waals surface area contributed by atoms with Gasteiger partial charge < -0.3 is 29.7 Å². The fraction of sp³-hybridized carbons (Fsp3) is 0.514. The lowest BCUT2D eigenvalue weighted by molar-refractivity contribution is -0.149. The monoisotopic (exact) mass is 646 g/mol. The SMILES string of the molecule is CCOC(=O)[C@@]12C[C@H]1C=CCCCCN(C)C(=O)N[C@@H](CCOc1cc(-n3ccc(C(C)C)n3)nc3c(C)c(OC)ccc13)C(=O)N2. The van der Waals surface area contributed by atoms with E-state index in [-0.39, 0.29) is 37.5 Å². The highest BCUT2D eigenvalue weighted by Crippen LogP contribution is 2.46. The number of methoxy groups -OCH3 is 1. The molecule has 1 aromatic carbocycles. The highest BCUT2D eigenvalue weighted by Gasteiger charge is 2.61. The molecule has 12 heteroatoms. The van der Waals surface area contributed by atoms with E-state index in [9.17, 15) is 14.4 Å². The van der Waals surface area contributed by atoms with E-state index in [0.717, 1.165) is 35.9 Å². The molecule has 2 aliphatic rings. The second-order valence-corrected chi connectivity index (χ2v) is 12.6. The molecule has 0 saturated heterocycles. The lowest BCUT2D eigenvalue weighted by Gasteiger charge is -2.26. The number of nitrogens with zero attached hydrogens (tertiary/aromatic N) is 4. The van der Waals surface area contributed by atoms with Crippen molar-refractivity contribution in [3.05, 3.63) is 53.9 Å². The second-order valence-electron chi connectivity index (χ2n) is 12.6. The fourth-order valence-electron chi connectivity index (χ4n) is 5.90. The molecular formula is C35H46N6O6. The smallest absolute Gasteiger partial charge is 0.332 e. The van der Waals surface area contributed by atoms with Gasteiger partial charge in [-0.1, -0.05) is 26.0 Å². The van der Waals surface area contributed by atoms with Crippen LogP contribution < -0.4 is 20.1 Å². The first-order chi connectivity index (χ1) is 22.6. The summed E-state index contributed by atoms with van der Waals surface area (Å²) in [6.45, 7) is 8.70. The standard InChI is InChI=1S/C35H46N6O6/c1-7-46-33(43)35-21-24(35)12-10-8-9-11-17-40(5)34(44)36-27(32(42)38-35)16-19-47-29-20-30(41-18-15-26(39-41)22(2)3)37-31-23(4)28(45-6)14-13-25(29)31/h10,12-15,18,20,22,24,27H,7-9,11,16-17,19,21H2,1-6H3,(H,36,44)(H,38,42)/t24-,27+,35-/m1/s1. The number of fused-ring (bicyclic) bond motifs is 2. The van der Waals surface area contributed by atoms with Gasteiger partial charge in [0, 0.05) is 49.1 Å². The van der Waals surface area contributed by atoms with Crippen molar-refractivity contribution in [1.29, 1.82) is 0 Å². The molecule has 252 valence electrons. The van der Waals surface area contributed by atoms with Crippen LogP contribution in [0.3, 0.4) is 0 Å². The van der Waals surface area contributed by atoms with Gasteiger partial charge >= 0.3 is 12.0 Å². The van der Waals surface area contributed by atoms with Crippen LogP contribution >= 0.6 is 0 Å². The van der Waals surface area contributed by atoms with Gasteiger partial charge in [0.05, 0.1) is 31.5 Å². The van der Waals surface area contributed by atoms with E-state index in [1.54, 1.807) is 30.7 Å². The summed E-state index contributed by atoms with van der Waals surface area (Å²) in [5, 5.41) is 11.3. The molecule has 12 nitrogen and oxygen atoms in total. The van der Waals surface area contributed by atoms with E-state index in [2.05, 4.69) is 24.5 Å². The molecule has 5 rings (SSSR count). The van der Waals surface area contributed by atoms with Crippen LogP contribution in [0.15, 0.2) is 42.6 Å². The predicted molar refractivity (Wildman–Crippen MR) is 178 cm³/mol. The summed E-state index contributed by atoms with van der Waals surface area (Å²) in [6, 6.07) is 6.22. The van der Waals surface area contributed by atoms with Crippen LogP contribution in [0.1, 0.15) is 70.1 Å². The van der Waals surface area contributed by atoms with Crippen molar-refractivity contribution in [3.8, 4) is 17.3 Å². The van der Waals surface area contributed by atoms with Crippen LogP contribution in [0.25, 0.3) is 16.7 Å². The molecule has 1 fully saturated rings. The number of aromatic nitrogens is 3. The van der Waals surface area contributed by atoms with Crippen molar-refractivity contribution in [3.63, 3.8) is 0 Å². The largest absolute Gasteiger partial charge is 0.496 e. The van der Waals surface area contributed by atoms with Gasteiger partial charge in [-0.2, -0.15) is 5.10 Å². The summed E-state index contributed by atoms with van der Waals surface area (Å²) in [5.74, 6) is 0.985. The van der Waals surface area contributed by atoms with Crippen LogP contribution in [0, 0.1) is 12.8 Å². The van der Waals surface area contributed by atoms with E-state index < -0.39 is 23.5 Å². The number of carbonyl (C=O) groups is 3. The minimum atomic E-state index is -1.14. The van der Waals surface area contributed by atoms with Crippen molar-refractivity contribution in [1.82, 2.24) is 30.3 Å². The second kappa shape index (κ2) is 14.4. The maximum atomic E-state index is 13.8. The minimum absolute atomic E-state index is 0.0950. The number of nitrogens with one attached hydrogen (secondary N) is 2. The molecule has 0 unspecified atom stereocenters. The van der Waals surface area contributed by atoms with E-state index in [1.807, 2.05) is 49.5 Å². The molecule has 0 spiro atoms. The number of hydrogen-bond acceptors (Lipinski definition) is 8. The van der Waals surface area contributed by atoms with Gasteiger partial charge in [0.25, 0.3) is 0 Å². The Kier molecular flexibility index (Phi) is 10.4. The van der Waals surface area contributed by atoms with Gasteiger partial charge in [-0.05, 0) is 63.6 Å². The van der Waals surface area contributed by atoms with Gasteiger partial charge in [0.1, 0.15) is 23.1 Å².